The first-order valence-electron chi connectivity index (χ1n) is 6.05. The van der Waals surface area contributed by atoms with Gasteiger partial charge in [0.1, 0.15) is 17.8 Å². The maximum absolute atomic E-state index is 11.9. The standard InChI is InChI=1S/C15H16N2O2/c1-15(2,3)13(19)8-12(18)14-10-6-4-5-7-11(10)16-9-17-14/h4-9,18H,1-3H3. The number of aliphatic hydroxyl groups excluding tert-OH is 1. The van der Waals surface area contributed by atoms with Gasteiger partial charge < -0.3 is 5.11 Å². The number of carbonyl (C=O) groups is 1. The first-order chi connectivity index (χ1) is 8.89. The number of benzene rings is 1. The third-order valence-electron chi connectivity index (χ3n) is 2.79. The van der Waals surface area contributed by atoms with Gasteiger partial charge in [-0.25, -0.2) is 9.97 Å². The molecule has 0 aliphatic heterocycles. The predicted molar refractivity (Wildman–Crippen MR) is 74.6 cm³/mol. The van der Waals surface area contributed by atoms with Gasteiger partial charge in [0, 0.05) is 16.9 Å². The summed E-state index contributed by atoms with van der Waals surface area (Å²) in [6.45, 7) is 5.41. The van der Waals surface area contributed by atoms with Gasteiger partial charge in [0.2, 0.25) is 0 Å². The molecule has 0 aliphatic carbocycles. The van der Waals surface area contributed by atoms with Gasteiger partial charge in [-0.3, -0.25) is 4.79 Å². The Labute approximate surface area is 111 Å². The van der Waals surface area contributed by atoms with Gasteiger partial charge >= 0.3 is 0 Å². The Balaban J connectivity index is 2.51. The molecule has 0 fully saturated rings. The molecule has 0 radical (unpaired) electrons. The Kier molecular flexibility index (Phi) is 3.34. The fraction of sp³-hybridized carbons (Fsp3) is 0.267. The third-order valence-corrected chi connectivity index (χ3v) is 2.79. The minimum absolute atomic E-state index is 0.126. The highest BCUT2D eigenvalue weighted by atomic mass is 16.3. The molecule has 19 heavy (non-hydrogen) atoms. The van der Waals surface area contributed by atoms with Crippen LogP contribution in [-0.2, 0) is 4.79 Å². The summed E-state index contributed by atoms with van der Waals surface area (Å²) in [6, 6.07) is 7.35. The zero-order valence-electron chi connectivity index (χ0n) is 11.2. The van der Waals surface area contributed by atoms with Crippen LogP contribution in [-0.4, -0.2) is 20.9 Å². The predicted octanol–water partition coefficient (Wildman–Crippen LogP) is 3.14. The third kappa shape index (κ3) is 2.78. The monoisotopic (exact) mass is 256 g/mol. The smallest absolute Gasteiger partial charge is 0.164 e. The van der Waals surface area contributed by atoms with Crippen molar-refractivity contribution in [3.8, 4) is 0 Å². The summed E-state index contributed by atoms with van der Waals surface area (Å²) in [5.74, 6) is -0.272. The Hall–Kier alpha value is -2.23. The second kappa shape index (κ2) is 4.80. The summed E-state index contributed by atoms with van der Waals surface area (Å²) in [6.07, 6.45) is 2.61. The number of rotatable bonds is 2. The highest BCUT2D eigenvalue weighted by Gasteiger charge is 2.20. The van der Waals surface area contributed by atoms with Gasteiger partial charge in [0.15, 0.2) is 5.78 Å². The molecule has 0 saturated carbocycles. The largest absolute Gasteiger partial charge is 0.506 e. The molecule has 98 valence electrons. The lowest BCUT2D eigenvalue weighted by molar-refractivity contribution is -0.121. The van der Waals surface area contributed by atoms with Crippen LogP contribution < -0.4 is 0 Å². The first kappa shape index (κ1) is 13.2. The lowest BCUT2D eigenvalue weighted by Gasteiger charge is -2.13. The summed E-state index contributed by atoms with van der Waals surface area (Å²) in [4.78, 5) is 20.1. The maximum Gasteiger partial charge on any atom is 0.164 e. The quantitative estimate of drug-likeness (QED) is 0.662. The van der Waals surface area contributed by atoms with Crippen LogP contribution in [0.1, 0.15) is 26.5 Å². The summed E-state index contributed by atoms with van der Waals surface area (Å²) in [7, 11) is 0. The topological polar surface area (TPSA) is 63.1 Å². The molecule has 1 aromatic heterocycles. The Morgan fingerprint density at radius 3 is 2.58 bits per heavy atom. The molecule has 2 aromatic rings. The SMILES string of the molecule is CC(C)(C)C(=O)C=C(O)c1ncnc2ccccc12. The van der Waals surface area contributed by atoms with E-state index >= 15 is 0 Å². The Morgan fingerprint density at radius 2 is 1.89 bits per heavy atom. The lowest BCUT2D eigenvalue weighted by Crippen LogP contribution is -2.18. The molecule has 1 N–H and O–H groups in total. The normalized spacial score (nSPS) is 12.7. The van der Waals surface area contributed by atoms with Gasteiger partial charge in [-0.1, -0.05) is 39.0 Å². The second-order valence-corrected chi connectivity index (χ2v) is 5.38. The number of carbonyl (C=O) groups excluding carboxylic acids is 1. The van der Waals surface area contributed by atoms with E-state index in [1.807, 2.05) is 24.3 Å². The van der Waals surface area contributed by atoms with Gasteiger partial charge in [0.25, 0.3) is 0 Å². The first-order valence-corrected chi connectivity index (χ1v) is 6.05. The molecule has 0 bridgehead atoms. The average molecular weight is 256 g/mol. The molecule has 0 unspecified atom stereocenters. The van der Waals surface area contributed by atoms with E-state index in [0.29, 0.717) is 5.69 Å². The van der Waals surface area contributed by atoms with E-state index in [1.54, 1.807) is 20.8 Å². The number of ketones is 1. The van der Waals surface area contributed by atoms with E-state index in [0.717, 1.165) is 10.9 Å². The Bertz CT molecular complexity index is 649. The Morgan fingerprint density at radius 1 is 1.21 bits per heavy atom. The summed E-state index contributed by atoms with van der Waals surface area (Å²) < 4.78 is 0. The van der Waals surface area contributed by atoms with Crippen molar-refractivity contribution in [1.82, 2.24) is 9.97 Å². The number of para-hydroxylation sites is 1. The van der Waals surface area contributed by atoms with Crippen molar-refractivity contribution in [2.24, 2.45) is 5.41 Å². The van der Waals surface area contributed by atoms with Crippen LogP contribution in [0.4, 0.5) is 0 Å². The maximum atomic E-state index is 11.9. The van der Waals surface area contributed by atoms with E-state index in [4.69, 9.17) is 0 Å². The fourth-order valence-corrected chi connectivity index (χ4v) is 1.62. The molecule has 1 aromatic carbocycles. The lowest BCUT2D eigenvalue weighted by atomic mass is 9.90. The second-order valence-electron chi connectivity index (χ2n) is 5.38. The van der Waals surface area contributed by atoms with Crippen LogP contribution in [0.2, 0.25) is 0 Å². The molecule has 0 saturated heterocycles. The van der Waals surface area contributed by atoms with Crippen LogP contribution in [0.3, 0.4) is 0 Å². The molecule has 2 rings (SSSR count). The molecule has 4 nitrogen and oxygen atoms in total. The van der Waals surface area contributed by atoms with Gasteiger partial charge in [0.05, 0.1) is 5.52 Å². The van der Waals surface area contributed by atoms with E-state index in [2.05, 4.69) is 9.97 Å². The van der Waals surface area contributed by atoms with Crippen molar-refractivity contribution in [3.05, 3.63) is 42.4 Å². The van der Waals surface area contributed by atoms with Crippen LogP contribution in [0.5, 0.6) is 0 Å². The molecule has 1 heterocycles. The van der Waals surface area contributed by atoms with Crippen molar-refractivity contribution in [2.75, 3.05) is 0 Å². The summed E-state index contributed by atoms with van der Waals surface area (Å²) in [5, 5.41) is 10.8. The fourth-order valence-electron chi connectivity index (χ4n) is 1.62. The van der Waals surface area contributed by atoms with Crippen molar-refractivity contribution >= 4 is 22.4 Å². The number of hydrogen-bond acceptors (Lipinski definition) is 4. The van der Waals surface area contributed by atoms with E-state index in [9.17, 15) is 9.90 Å². The van der Waals surface area contributed by atoms with Crippen LogP contribution >= 0.6 is 0 Å². The minimum atomic E-state index is -0.531. The van der Waals surface area contributed by atoms with Crippen molar-refractivity contribution in [1.29, 1.82) is 0 Å². The molecule has 0 atom stereocenters. The van der Waals surface area contributed by atoms with Crippen molar-refractivity contribution in [2.45, 2.75) is 20.8 Å². The molecule has 0 spiro atoms. The summed E-state index contributed by atoms with van der Waals surface area (Å²) >= 11 is 0. The van der Waals surface area contributed by atoms with E-state index in [1.165, 1.54) is 12.4 Å². The van der Waals surface area contributed by atoms with Crippen molar-refractivity contribution < 1.29 is 9.90 Å². The number of aliphatic hydroxyl groups is 1. The highest BCUT2D eigenvalue weighted by Crippen LogP contribution is 2.22. The number of allylic oxidation sites excluding steroid dienone is 1. The van der Waals surface area contributed by atoms with Gasteiger partial charge in [-0.15, -0.1) is 0 Å². The molecule has 0 amide bonds. The summed E-state index contributed by atoms with van der Waals surface area (Å²) in [5.41, 5.74) is 0.579. The molecule has 4 heteroatoms. The number of nitrogens with zero attached hydrogens (tertiary/aromatic N) is 2. The van der Waals surface area contributed by atoms with Crippen LogP contribution in [0, 0.1) is 5.41 Å². The molecule has 0 aliphatic rings. The van der Waals surface area contributed by atoms with Crippen LogP contribution in [0.25, 0.3) is 16.7 Å². The highest BCUT2D eigenvalue weighted by molar-refractivity contribution is 6.00. The van der Waals surface area contributed by atoms with Crippen molar-refractivity contribution in [3.63, 3.8) is 0 Å². The average Bonchev–Trinajstić information content (AvgIpc) is 2.36. The molecular formula is C15H16N2O2. The zero-order valence-corrected chi connectivity index (χ0v) is 11.2. The van der Waals surface area contributed by atoms with E-state index in [-0.39, 0.29) is 11.5 Å². The minimum Gasteiger partial charge on any atom is -0.506 e. The van der Waals surface area contributed by atoms with Crippen LogP contribution in [0.15, 0.2) is 36.7 Å². The number of aromatic nitrogens is 2. The van der Waals surface area contributed by atoms with Gasteiger partial charge in [-0.05, 0) is 6.07 Å². The van der Waals surface area contributed by atoms with Gasteiger partial charge in [-0.2, -0.15) is 0 Å². The number of hydrogen-bond donors (Lipinski definition) is 1. The molecular weight excluding hydrogens is 240 g/mol. The zero-order chi connectivity index (χ0) is 14.0. The van der Waals surface area contributed by atoms with E-state index < -0.39 is 5.41 Å². The number of fused-ring (bicyclic) bond motifs is 1.